The Morgan fingerprint density at radius 3 is 2.82 bits per heavy atom. The summed E-state index contributed by atoms with van der Waals surface area (Å²) in [5.41, 5.74) is 7.50. The van der Waals surface area contributed by atoms with E-state index < -0.39 is 0 Å². The molecule has 2 N–H and O–H groups in total. The first kappa shape index (κ1) is 10.7. The van der Waals surface area contributed by atoms with Crippen LogP contribution in [0.3, 0.4) is 0 Å². The summed E-state index contributed by atoms with van der Waals surface area (Å²) < 4.78 is 5.20. The minimum atomic E-state index is -0.382. The van der Waals surface area contributed by atoms with Crippen LogP contribution in [0.1, 0.15) is 24.3 Å². The van der Waals surface area contributed by atoms with Crippen molar-refractivity contribution in [1.29, 1.82) is 0 Å². The fraction of sp³-hybridized carbons (Fsp3) is 0.333. The molecule has 88 valence electrons. The van der Waals surface area contributed by atoms with Crippen LogP contribution in [0.15, 0.2) is 22.7 Å². The molecule has 0 aliphatic heterocycles. The van der Waals surface area contributed by atoms with Crippen LogP contribution in [0.2, 0.25) is 5.02 Å². The van der Waals surface area contributed by atoms with Gasteiger partial charge in [-0.05, 0) is 43.5 Å². The summed E-state index contributed by atoms with van der Waals surface area (Å²) in [7, 11) is 0. The predicted octanol–water partition coefficient (Wildman–Crippen LogP) is 2.65. The molecule has 1 heterocycles. The van der Waals surface area contributed by atoms with E-state index in [0.717, 1.165) is 29.0 Å². The van der Waals surface area contributed by atoms with Crippen LogP contribution in [0.5, 0.6) is 0 Å². The van der Waals surface area contributed by atoms with Gasteiger partial charge >= 0.3 is 0 Å². The molecular formula is C12H12ClN3O. The Kier molecular flexibility index (Phi) is 2.24. The van der Waals surface area contributed by atoms with Crippen molar-refractivity contribution in [2.45, 2.75) is 25.3 Å². The van der Waals surface area contributed by atoms with Crippen molar-refractivity contribution in [1.82, 2.24) is 10.1 Å². The first-order valence-corrected chi connectivity index (χ1v) is 5.86. The molecular weight excluding hydrogens is 238 g/mol. The molecule has 1 aliphatic carbocycles. The molecule has 1 fully saturated rings. The minimum absolute atomic E-state index is 0.382. The van der Waals surface area contributed by atoms with E-state index in [-0.39, 0.29) is 5.54 Å². The highest BCUT2D eigenvalue weighted by molar-refractivity contribution is 6.31. The van der Waals surface area contributed by atoms with E-state index in [1.165, 1.54) is 0 Å². The Morgan fingerprint density at radius 2 is 2.18 bits per heavy atom. The molecule has 1 saturated carbocycles. The Labute approximate surface area is 104 Å². The lowest BCUT2D eigenvalue weighted by Crippen LogP contribution is -2.18. The molecule has 0 atom stereocenters. The van der Waals surface area contributed by atoms with Crippen molar-refractivity contribution in [3.8, 4) is 11.4 Å². The van der Waals surface area contributed by atoms with E-state index in [4.69, 9.17) is 21.9 Å². The average Bonchev–Trinajstić information content (AvgIpc) is 2.88. The van der Waals surface area contributed by atoms with Crippen molar-refractivity contribution in [3.05, 3.63) is 34.7 Å². The molecule has 1 aromatic carbocycles. The first-order valence-electron chi connectivity index (χ1n) is 5.48. The minimum Gasteiger partial charge on any atom is -0.337 e. The molecule has 17 heavy (non-hydrogen) atoms. The van der Waals surface area contributed by atoms with Gasteiger partial charge in [0.15, 0.2) is 0 Å². The van der Waals surface area contributed by atoms with Gasteiger partial charge in [-0.1, -0.05) is 16.8 Å². The summed E-state index contributed by atoms with van der Waals surface area (Å²) in [6.45, 7) is 1.94. The third-order valence-corrected chi connectivity index (χ3v) is 3.48. The van der Waals surface area contributed by atoms with Gasteiger partial charge in [0.25, 0.3) is 0 Å². The van der Waals surface area contributed by atoms with Crippen LogP contribution < -0.4 is 5.73 Å². The zero-order valence-electron chi connectivity index (χ0n) is 9.40. The van der Waals surface area contributed by atoms with E-state index >= 15 is 0 Å². The molecule has 0 unspecified atom stereocenters. The van der Waals surface area contributed by atoms with E-state index in [0.29, 0.717) is 11.7 Å². The Hall–Kier alpha value is -1.39. The van der Waals surface area contributed by atoms with Gasteiger partial charge in [-0.25, -0.2) is 0 Å². The maximum atomic E-state index is 6.00. The van der Waals surface area contributed by atoms with Crippen LogP contribution in [0, 0.1) is 6.92 Å². The van der Waals surface area contributed by atoms with Crippen LogP contribution in [-0.2, 0) is 5.54 Å². The predicted molar refractivity (Wildman–Crippen MR) is 64.6 cm³/mol. The fourth-order valence-corrected chi connectivity index (χ4v) is 1.79. The SMILES string of the molecule is Cc1cc(-c2noc(C3(N)CC3)n2)ccc1Cl. The second-order valence-electron chi connectivity index (χ2n) is 4.54. The summed E-state index contributed by atoms with van der Waals surface area (Å²) in [6.07, 6.45) is 1.82. The number of aromatic nitrogens is 2. The zero-order chi connectivity index (χ0) is 12.0. The van der Waals surface area contributed by atoms with Crippen molar-refractivity contribution >= 4 is 11.6 Å². The monoisotopic (exact) mass is 249 g/mol. The highest BCUT2D eigenvalue weighted by Gasteiger charge is 2.45. The lowest BCUT2D eigenvalue weighted by atomic mass is 10.1. The lowest BCUT2D eigenvalue weighted by Gasteiger charge is -2.00. The van der Waals surface area contributed by atoms with Crippen LogP contribution in [-0.4, -0.2) is 10.1 Å². The van der Waals surface area contributed by atoms with Gasteiger partial charge in [0.05, 0.1) is 5.54 Å². The van der Waals surface area contributed by atoms with E-state index in [1.54, 1.807) is 0 Å². The summed E-state index contributed by atoms with van der Waals surface area (Å²) >= 11 is 5.97. The molecule has 2 aromatic rings. The van der Waals surface area contributed by atoms with Crippen LogP contribution >= 0.6 is 11.6 Å². The molecule has 1 aromatic heterocycles. The number of nitrogens with zero attached hydrogens (tertiary/aromatic N) is 2. The molecule has 0 amide bonds. The number of hydrogen-bond donors (Lipinski definition) is 1. The Balaban J connectivity index is 1.98. The van der Waals surface area contributed by atoms with Gasteiger partial charge in [0.2, 0.25) is 11.7 Å². The van der Waals surface area contributed by atoms with Crippen molar-refractivity contribution in [2.75, 3.05) is 0 Å². The molecule has 0 bridgehead atoms. The number of benzene rings is 1. The smallest absolute Gasteiger partial charge is 0.247 e. The maximum absolute atomic E-state index is 6.00. The third kappa shape index (κ3) is 1.83. The Bertz CT molecular complexity index is 575. The maximum Gasteiger partial charge on any atom is 0.247 e. The second-order valence-corrected chi connectivity index (χ2v) is 4.95. The lowest BCUT2D eigenvalue weighted by molar-refractivity contribution is 0.348. The molecule has 0 radical (unpaired) electrons. The van der Waals surface area contributed by atoms with E-state index in [1.807, 2.05) is 25.1 Å². The van der Waals surface area contributed by atoms with Crippen molar-refractivity contribution in [3.63, 3.8) is 0 Å². The van der Waals surface area contributed by atoms with Gasteiger partial charge in [-0.3, -0.25) is 0 Å². The van der Waals surface area contributed by atoms with Gasteiger partial charge in [-0.2, -0.15) is 4.98 Å². The average molecular weight is 250 g/mol. The number of nitrogens with two attached hydrogens (primary N) is 1. The standard InChI is InChI=1S/C12H12ClN3O/c1-7-6-8(2-3-9(7)13)10-15-11(17-16-10)12(14)4-5-12/h2-3,6H,4-5,14H2,1H3. The van der Waals surface area contributed by atoms with Gasteiger partial charge < -0.3 is 10.3 Å². The van der Waals surface area contributed by atoms with Gasteiger partial charge in [-0.15, -0.1) is 0 Å². The second kappa shape index (κ2) is 3.55. The number of halogens is 1. The highest BCUT2D eigenvalue weighted by atomic mass is 35.5. The van der Waals surface area contributed by atoms with Gasteiger partial charge in [0, 0.05) is 10.6 Å². The Morgan fingerprint density at radius 1 is 1.41 bits per heavy atom. The molecule has 0 saturated heterocycles. The number of hydrogen-bond acceptors (Lipinski definition) is 4. The number of rotatable bonds is 2. The zero-order valence-corrected chi connectivity index (χ0v) is 10.2. The molecule has 4 nitrogen and oxygen atoms in total. The van der Waals surface area contributed by atoms with Crippen molar-refractivity contribution < 1.29 is 4.52 Å². The van der Waals surface area contributed by atoms with Crippen molar-refractivity contribution in [2.24, 2.45) is 5.73 Å². The van der Waals surface area contributed by atoms with Gasteiger partial charge in [0.1, 0.15) is 0 Å². The molecule has 0 spiro atoms. The quantitative estimate of drug-likeness (QED) is 0.889. The van der Waals surface area contributed by atoms with E-state index in [2.05, 4.69) is 10.1 Å². The highest BCUT2D eigenvalue weighted by Crippen LogP contribution is 2.42. The summed E-state index contributed by atoms with van der Waals surface area (Å²) in [5.74, 6) is 1.09. The largest absolute Gasteiger partial charge is 0.337 e. The number of aryl methyl sites for hydroxylation is 1. The molecule has 1 aliphatic rings. The first-order chi connectivity index (χ1) is 8.08. The third-order valence-electron chi connectivity index (χ3n) is 3.06. The molecule has 3 rings (SSSR count). The van der Waals surface area contributed by atoms with Crippen LogP contribution in [0.4, 0.5) is 0 Å². The van der Waals surface area contributed by atoms with Crippen LogP contribution in [0.25, 0.3) is 11.4 Å². The summed E-state index contributed by atoms with van der Waals surface area (Å²) in [4.78, 5) is 4.34. The van der Waals surface area contributed by atoms with E-state index in [9.17, 15) is 0 Å². The molecule has 5 heteroatoms. The summed E-state index contributed by atoms with van der Waals surface area (Å²) in [5, 5.41) is 4.69. The topological polar surface area (TPSA) is 64.9 Å². The fourth-order valence-electron chi connectivity index (χ4n) is 1.68. The summed E-state index contributed by atoms with van der Waals surface area (Å²) in [6, 6.07) is 5.64. The normalized spacial score (nSPS) is 17.1.